The van der Waals surface area contributed by atoms with Crippen molar-refractivity contribution in [3.8, 4) is 0 Å². The first-order valence-corrected chi connectivity index (χ1v) is 14.6. The zero-order valence-electron chi connectivity index (χ0n) is 21.8. The van der Waals surface area contributed by atoms with Gasteiger partial charge in [0, 0.05) is 51.1 Å². The summed E-state index contributed by atoms with van der Waals surface area (Å²) in [5.41, 5.74) is -0.597. The third kappa shape index (κ3) is 5.58. The molecular weight excluding hydrogens is 480 g/mol. The zero-order chi connectivity index (χ0) is 25.3. The summed E-state index contributed by atoms with van der Waals surface area (Å²) in [7, 11) is 0. The van der Waals surface area contributed by atoms with Crippen LogP contribution in [0.2, 0.25) is 0 Å². The standard InChI is InChI=1S/C24H40N8O3S/c1-24(2,3)35-23(34)31-16-19(15-20(31)21(33)30-13-14-36-17-30)28-9-11-29(12-10-28)22-25-26-27-32(22)18-7-5-4-6-8-18/h18-20H,4-17H2,1-3H3/t19-,20-/m0/s1. The Morgan fingerprint density at radius 3 is 2.42 bits per heavy atom. The number of carbonyl (C=O) groups is 2. The van der Waals surface area contributed by atoms with Gasteiger partial charge in [-0.15, -0.1) is 11.8 Å². The van der Waals surface area contributed by atoms with Gasteiger partial charge in [-0.25, -0.2) is 9.48 Å². The Hall–Kier alpha value is -2.08. The largest absolute Gasteiger partial charge is 0.444 e. The normalized spacial score (nSPS) is 26.6. The van der Waals surface area contributed by atoms with Crippen molar-refractivity contribution >= 4 is 29.7 Å². The molecule has 2 atom stereocenters. The number of likely N-dealkylation sites (tertiary alicyclic amines) is 1. The van der Waals surface area contributed by atoms with E-state index in [0.29, 0.717) is 24.9 Å². The van der Waals surface area contributed by atoms with Crippen LogP contribution in [0.25, 0.3) is 0 Å². The number of nitrogens with zero attached hydrogens (tertiary/aromatic N) is 8. The maximum atomic E-state index is 13.4. The third-order valence-corrected chi connectivity index (χ3v) is 8.73. The van der Waals surface area contributed by atoms with Crippen molar-refractivity contribution in [2.45, 2.75) is 83.0 Å². The average molecular weight is 521 g/mol. The lowest BCUT2D eigenvalue weighted by atomic mass is 9.96. The second kappa shape index (κ2) is 10.7. The Bertz CT molecular complexity index is 917. The first kappa shape index (κ1) is 25.6. The number of hydrogen-bond acceptors (Lipinski definition) is 9. The maximum absolute atomic E-state index is 13.4. The molecule has 4 aliphatic rings. The lowest BCUT2D eigenvalue weighted by Gasteiger charge is -2.38. The maximum Gasteiger partial charge on any atom is 0.411 e. The number of piperazine rings is 1. The number of aromatic nitrogens is 4. The molecule has 2 amide bonds. The van der Waals surface area contributed by atoms with Crippen molar-refractivity contribution in [3.05, 3.63) is 0 Å². The van der Waals surface area contributed by atoms with Gasteiger partial charge in [0.25, 0.3) is 0 Å². The minimum Gasteiger partial charge on any atom is -0.444 e. The summed E-state index contributed by atoms with van der Waals surface area (Å²) in [4.78, 5) is 34.7. The molecule has 200 valence electrons. The summed E-state index contributed by atoms with van der Waals surface area (Å²) in [6.45, 7) is 10.2. The van der Waals surface area contributed by atoms with Crippen LogP contribution in [0.5, 0.6) is 0 Å². The predicted molar refractivity (Wildman–Crippen MR) is 138 cm³/mol. The second-order valence-corrected chi connectivity index (χ2v) is 12.5. The Kier molecular flexibility index (Phi) is 7.62. The molecule has 0 aromatic carbocycles. The van der Waals surface area contributed by atoms with Crippen LogP contribution < -0.4 is 4.90 Å². The molecule has 4 fully saturated rings. The minimum atomic E-state index is -0.597. The van der Waals surface area contributed by atoms with Crippen LogP contribution >= 0.6 is 11.8 Å². The molecule has 1 aromatic heterocycles. The van der Waals surface area contributed by atoms with E-state index in [0.717, 1.165) is 57.3 Å². The highest BCUT2D eigenvalue weighted by molar-refractivity contribution is 7.99. The molecule has 0 N–H and O–H groups in total. The summed E-state index contributed by atoms with van der Waals surface area (Å²) in [5, 5.41) is 12.7. The molecule has 12 heteroatoms. The number of hydrogen-bond donors (Lipinski definition) is 0. The quantitative estimate of drug-likeness (QED) is 0.591. The van der Waals surface area contributed by atoms with Crippen molar-refractivity contribution in [1.82, 2.24) is 34.9 Å². The van der Waals surface area contributed by atoms with E-state index < -0.39 is 11.6 Å². The minimum absolute atomic E-state index is 0.0543. The van der Waals surface area contributed by atoms with Crippen LogP contribution in [0.3, 0.4) is 0 Å². The van der Waals surface area contributed by atoms with Crippen molar-refractivity contribution in [1.29, 1.82) is 0 Å². The van der Waals surface area contributed by atoms with E-state index in [1.54, 1.807) is 16.7 Å². The molecule has 1 aliphatic carbocycles. The van der Waals surface area contributed by atoms with Gasteiger partial charge in [-0.05, 0) is 50.5 Å². The summed E-state index contributed by atoms with van der Waals surface area (Å²) in [6.07, 6.45) is 6.33. The summed E-state index contributed by atoms with van der Waals surface area (Å²) < 4.78 is 7.74. The Morgan fingerprint density at radius 2 is 1.75 bits per heavy atom. The van der Waals surface area contributed by atoms with Gasteiger partial charge in [-0.3, -0.25) is 14.6 Å². The Labute approximate surface area is 217 Å². The highest BCUT2D eigenvalue weighted by Crippen LogP contribution is 2.31. The number of amides is 2. The van der Waals surface area contributed by atoms with Gasteiger partial charge in [-0.2, -0.15) is 0 Å². The van der Waals surface area contributed by atoms with Crippen molar-refractivity contribution in [2.24, 2.45) is 0 Å². The molecule has 1 saturated carbocycles. The molecule has 1 aromatic rings. The van der Waals surface area contributed by atoms with Crippen LogP contribution in [-0.2, 0) is 9.53 Å². The summed E-state index contributed by atoms with van der Waals surface area (Å²) in [5.74, 6) is 2.59. The van der Waals surface area contributed by atoms with Crippen molar-refractivity contribution < 1.29 is 14.3 Å². The van der Waals surface area contributed by atoms with Gasteiger partial charge < -0.3 is 14.5 Å². The topological polar surface area (TPSA) is 99.9 Å². The van der Waals surface area contributed by atoms with Crippen LogP contribution in [0.1, 0.15) is 65.3 Å². The smallest absolute Gasteiger partial charge is 0.411 e. The number of carbonyl (C=O) groups excluding carboxylic acids is 2. The van der Waals surface area contributed by atoms with E-state index in [4.69, 9.17) is 4.74 Å². The van der Waals surface area contributed by atoms with Crippen LogP contribution in [0.15, 0.2) is 0 Å². The first-order chi connectivity index (χ1) is 17.3. The average Bonchev–Trinajstić information content (AvgIpc) is 3.64. The Morgan fingerprint density at radius 1 is 1.00 bits per heavy atom. The van der Waals surface area contributed by atoms with Gasteiger partial charge in [0.2, 0.25) is 11.9 Å². The lowest BCUT2D eigenvalue weighted by Crippen LogP contribution is -2.52. The molecule has 0 spiro atoms. The van der Waals surface area contributed by atoms with Gasteiger partial charge in [0.15, 0.2) is 0 Å². The van der Waals surface area contributed by atoms with Gasteiger partial charge in [-0.1, -0.05) is 24.4 Å². The third-order valence-electron chi connectivity index (χ3n) is 7.77. The highest BCUT2D eigenvalue weighted by atomic mass is 32.2. The molecule has 5 rings (SSSR count). The molecule has 11 nitrogen and oxygen atoms in total. The second-order valence-electron chi connectivity index (χ2n) is 11.4. The van der Waals surface area contributed by atoms with E-state index in [9.17, 15) is 9.59 Å². The number of rotatable bonds is 4. The molecule has 3 aliphatic heterocycles. The van der Waals surface area contributed by atoms with E-state index in [1.807, 2.05) is 30.4 Å². The fourth-order valence-corrected chi connectivity index (χ4v) is 6.83. The van der Waals surface area contributed by atoms with Gasteiger partial charge in [0.1, 0.15) is 11.6 Å². The van der Waals surface area contributed by atoms with Gasteiger partial charge in [0.05, 0.1) is 11.9 Å². The van der Waals surface area contributed by atoms with Crippen molar-refractivity contribution in [3.63, 3.8) is 0 Å². The van der Waals surface area contributed by atoms with Gasteiger partial charge >= 0.3 is 6.09 Å². The highest BCUT2D eigenvalue weighted by Gasteiger charge is 2.45. The molecule has 0 unspecified atom stereocenters. The van der Waals surface area contributed by atoms with Crippen LogP contribution in [0, 0.1) is 0 Å². The lowest BCUT2D eigenvalue weighted by molar-refractivity contribution is -0.134. The fourth-order valence-electron chi connectivity index (χ4n) is 5.88. The number of anilines is 1. The fraction of sp³-hybridized carbons (Fsp3) is 0.875. The number of tetrazole rings is 1. The van der Waals surface area contributed by atoms with Crippen molar-refractivity contribution in [2.75, 3.05) is 55.8 Å². The number of thioether (sulfide) groups is 1. The predicted octanol–water partition coefficient (Wildman–Crippen LogP) is 2.21. The molecular formula is C24H40N8O3S. The van der Waals surface area contributed by atoms with E-state index in [1.165, 1.54) is 19.3 Å². The van der Waals surface area contributed by atoms with E-state index >= 15 is 0 Å². The SMILES string of the molecule is CC(C)(C)OC(=O)N1C[C@@H](N2CCN(c3nnnn3C3CCCCC3)CC2)C[C@H]1C(=O)N1CCSC1. The van der Waals surface area contributed by atoms with Crippen LogP contribution in [-0.4, -0.2) is 115 Å². The monoisotopic (exact) mass is 520 g/mol. The zero-order valence-corrected chi connectivity index (χ0v) is 22.7. The summed E-state index contributed by atoms with van der Waals surface area (Å²) >= 11 is 1.76. The molecule has 4 heterocycles. The molecule has 3 saturated heterocycles. The molecule has 0 bridgehead atoms. The van der Waals surface area contributed by atoms with E-state index in [2.05, 4.69) is 25.3 Å². The Balaban J connectivity index is 1.23. The first-order valence-electron chi connectivity index (χ1n) is 13.4. The van der Waals surface area contributed by atoms with Crippen LogP contribution in [0.4, 0.5) is 10.7 Å². The molecule has 0 radical (unpaired) electrons. The molecule has 36 heavy (non-hydrogen) atoms. The van der Waals surface area contributed by atoms with E-state index in [-0.39, 0.29) is 18.0 Å². The summed E-state index contributed by atoms with van der Waals surface area (Å²) in [6, 6.07) is 0.0768. The number of ether oxygens (including phenoxy) is 1.